The third kappa shape index (κ3) is 15.7. The number of carbonyl (C=O) groups excluding carboxylic acids is 1. The number of esters is 1. The molecule has 0 heterocycles. The van der Waals surface area contributed by atoms with E-state index in [4.69, 9.17) is 14.6 Å². The summed E-state index contributed by atoms with van der Waals surface area (Å²) in [5.74, 6) is -0.770. The molecular weight excluding hydrogens is 400 g/mol. The van der Waals surface area contributed by atoms with Crippen LogP contribution in [0.3, 0.4) is 0 Å². The fraction of sp³-hybridized carbons (Fsp3) is 0.958. The Labute approximate surface area is 189 Å². The maximum atomic E-state index is 12.2. The second-order valence-corrected chi connectivity index (χ2v) is 8.37. The largest absolute Gasteiger partial charge is 0.464 e. The van der Waals surface area contributed by atoms with Crippen LogP contribution in [0.25, 0.3) is 0 Å². The van der Waals surface area contributed by atoms with Crippen molar-refractivity contribution in [3.05, 3.63) is 0 Å². The molecule has 0 saturated carbocycles. The minimum atomic E-state index is -1.70. The van der Waals surface area contributed by atoms with Gasteiger partial charge < -0.3 is 29.9 Å². The van der Waals surface area contributed by atoms with Gasteiger partial charge in [-0.1, -0.05) is 90.4 Å². The molecule has 4 unspecified atom stereocenters. The monoisotopic (exact) mass is 448 g/mol. The van der Waals surface area contributed by atoms with Gasteiger partial charge in [0.1, 0.15) is 18.3 Å². The van der Waals surface area contributed by atoms with Gasteiger partial charge in [-0.15, -0.1) is 0 Å². The highest BCUT2D eigenvalue weighted by Gasteiger charge is 2.37. The number of rotatable bonds is 22. The number of aliphatic hydroxyl groups excluding tert-OH is 4. The van der Waals surface area contributed by atoms with Gasteiger partial charge >= 0.3 is 5.97 Å². The van der Waals surface area contributed by atoms with Crippen molar-refractivity contribution in [3.8, 4) is 0 Å². The van der Waals surface area contributed by atoms with Gasteiger partial charge in [0.25, 0.3) is 0 Å². The van der Waals surface area contributed by atoms with E-state index < -0.39 is 37.0 Å². The zero-order valence-electron chi connectivity index (χ0n) is 19.8. The molecule has 0 bridgehead atoms. The summed E-state index contributed by atoms with van der Waals surface area (Å²) >= 11 is 0. The maximum Gasteiger partial charge on any atom is 0.338 e. The van der Waals surface area contributed by atoms with Crippen molar-refractivity contribution in [3.63, 3.8) is 0 Å². The molecule has 7 nitrogen and oxygen atoms in total. The van der Waals surface area contributed by atoms with Crippen LogP contribution in [-0.2, 0) is 14.3 Å². The second kappa shape index (κ2) is 21.1. The Hall–Kier alpha value is -0.730. The molecule has 0 fully saturated rings. The minimum Gasteiger partial charge on any atom is -0.464 e. The number of hydrogen-bond donors (Lipinski definition) is 4. The van der Waals surface area contributed by atoms with Crippen LogP contribution in [0.1, 0.15) is 104 Å². The molecule has 0 aliphatic carbocycles. The highest BCUT2D eigenvalue weighted by molar-refractivity contribution is 5.75. The zero-order valence-corrected chi connectivity index (χ0v) is 19.8. The molecule has 0 amide bonds. The summed E-state index contributed by atoms with van der Waals surface area (Å²) in [5, 5.41) is 38.2. The van der Waals surface area contributed by atoms with Gasteiger partial charge in [-0.05, 0) is 13.3 Å². The third-order valence-electron chi connectivity index (χ3n) is 5.56. The van der Waals surface area contributed by atoms with Crippen LogP contribution in [0.4, 0.5) is 0 Å². The van der Waals surface area contributed by atoms with Crippen LogP contribution in [0.2, 0.25) is 0 Å². The van der Waals surface area contributed by atoms with E-state index in [1.807, 2.05) is 0 Å². The van der Waals surface area contributed by atoms with E-state index in [1.165, 1.54) is 70.6 Å². The molecule has 0 radical (unpaired) electrons. The molecule has 4 atom stereocenters. The SMILES string of the molecule is CCCCCCCCCCCCCCCCOC(=O)C(OCC)C(O)C(O)C(O)CO. The van der Waals surface area contributed by atoms with E-state index in [-0.39, 0.29) is 13.2 Å². The van der Waals surface area contributed by atoms with Crippen molar-refractivity contribution in [1.82, 2.24) is 0 Å². The van der Waals surface area contributed by atoms with Crippen molar-refractivity contribution in [2.24, 2.45) is 0 Å². The fourth-order valence-corrected chi connectivity index (χ4v) is 3.55. The first-order valence-electron chi connectivity index (χ1n) is 12.4. The van der Waals surface area contributed by atoms with E-state index in [2.05, 4.69) is 6.92 Å². The van der Waals surface area contributed by atoms with E-state index in [9.17, 15) is 20.1 Å². The van der Waals surface area contributed by atoms with Gasteiger partial charge in [-0.2, -0.15) is 0 Å². The molecule has 0 aromatic heterocycles. The smallest absolute Gasteiger partial charge is 0.338 e. The average molecular weight is 449 g/mol. The van der Waals surface area contributed by atoms with Gasteiger partial charge in [-0.25, -0.2) is 4.79 Å². The number of hydrogen-bond acceptors (Lipinski definition) is 7. The molecular formula is C24H48O7. The molecule has 7 heteroatoms. The summed E-state index contributed by atoms with van der Waals surface area (Å²) < 4.78 is 10.3. The van der Waals surface area contributed by atoms with Gasteiger partial charge in [0, 0.05) is 6.61 Å². The van der Waals surface area contributed by atoms with Crippen molar-refractivity contribution in [2.75, 3.05) is 19.8 Å². The molecule has 0 spiro atoms. The molecule has 0 aliphatic heterocycles. The third-order valence-corrected chi connectivity index (χ3v) is 5.56. The normalized spacial score (nSPS) is 15.4. The van der Waals surface area contributed by atoms with Gasteiger partial charge in [0.2, 0.25) is 0 Å². The number of unbranched alkanes of at least 4 members (excludes halogenated alkanes) is 13. The summed E-state index contributed by atoms with van der Waals surface area (Å²) in [4.78, 5) is 12.2. The molecule has 4 N–H and O–H groups in total. The number of carbonyl (C=O) groups is 1. The maximum absolute atomic E-state index is 12.2. The van der Waals surface area contributed by atoms with Gasteiger partial charge in [0.15, 0.2) is 6.10 Å². The van der Waals surface area contributed by atoms with E-state index >= 15 is 0 Å². The molecule has 0 aromatic carbocycles. The lowest BCUT2D eigenvalue weighted by molar-refractivity contribution is -0.177. The standard InChI is InChI=1S/C24H48O7/c1-3-5-6-7-8-9-10-11-12-13-14-15-16-17-18-31-24(29)23(30-4-2)22(28)21(27)20(26)19-25/h20-23,25-28H,3-19H2,1-2H3. The van der Waals surface area contributed by atoms with E-state index in [0.717, 1.165) is 19.3 Å². The van der Waals surface area contributed by atoms with Crippen molar-refractivity contribution < 1.29 is 34.7 Å². The number of aliphatic hydroxyl groups is 4. The fourth-order valence-electron chi connectivity index (χ4n) is 3.55. The Balaban J connectivity index is 3.74. The first-order chi connectivity index (χ1) is 15.0. The predicted octanol–water partition coefficient (Wildman–Crippen LogP) is 3.49. The molecule has 0 aromatic rings. The van der Waals surface area contributed by atoms with Crippen LogP contribution in [0.15, 0.2) is 0 Å². The van der Waals surface area contributed by atoms with Crippen LogP contribution in [0, 0.1) is 0 Å². The quantitative estimate of drug-likeness (QED) is 0.148. The zero-order chi connectivity index (χ0) is 23.3. The Morgan fingerprint density at radius 3 is 1.58 bits per heavy atom. The molecule has 0 aliphatic rings. The highest BCUT2D eigenvalue weighted by Crippen LogP contribution is 2.14. The van der Waals surface area contributed by atoms with Gasteiger partial charge in [-0.3, -0.25) is 0 Å². The van der Waals surface area contributed by atoms with Gasteiger partial charge in [0.05, 0.1) is 13.2 Å². The summed E-state index contributed by atoms with van der Waals surface area (Å²) in [5.41, 5.74) is 0. The Bertz CT molecular complexity index is 405. The van der Waals surface area contributed by atoms with Crippen LogP contribution in [0.5, 0.6) is 0 Å². The lowest BCUT2D eigenvalue weighted by atomic mass is 10.0. The second-order valence-electron chi connectivity index (χ2n) is 8.37. The Morgan fingerprint density at radius 1 is 0.710 bits per heavy atom. The molecule has 31 heavy (non-hydrogen) atoms. The molecule has 0 rings (SSSR count). The van der Waals surface area contributed by atoms with Crippen LogP contribution in [-0.4, -0.2) is 70.6 Å². The first-order valence-corrected chi connectivity index (χ1v) is 12.4. The topological polar surface area (TPSA) is 116 Å². The van der Waals surface area contributed by atoms with Crippen molar-refractivity contribution in [1.29, 1.82) is 0 Å². The lowest BCUT2D eigenvalue weighted by Crippen LogP contribution is -2.50. The Morgan fingerprint density at radius 2 is 1.16 bits per heavy atom. The first kappa shape index (κ1) is 30.3. The minimum absolute atomic E-state index is 0.137. The summed E-state index contributed by atoms with van der Waals surface area (Å²) in [6, 6.07) is 0. The van der Waals surface area contributed by atoms with Crippen LogP contribution >= 0.6 is 0 Å². The van der Waals surface area contributed by atoms with E-state index in [1.54, 1.807) is 6.92 Å². The van der Waals surface area contributed by atoms with E-state index in [0.29, 0.717) is 0 Å². The van der Waals surface area contributed by atoms with Crippen molar-refractivity contribution >= 4 is 5.97 Å². The van der Waals surface area contributed by atoms with Crippen molar-refractivity contribution in [2.45, 2.75) is 128 Å². The highest BCUT2D eigenvalue weighted by atomic mass is 16.6. The number of ether oxygens (including phenoxy) is 2. The summed E-state index contributed by atoms with van der Waals surface area (Å²) in [6.45, 7) is 3.53. The molecule has 0 saturated heterocycles. The summed E-state index contributed by atoms with van der Waals surface area (Å²) in [6.07, 6.45) is 11.1. The Kier molecular flexibility index (Phi) is 20.6. The lowest BCUT2D eigenvalue weighted by Gasteiger charge is -2.27. The predicted molar refractivity (Wildman–Crippen MR) is 122 cm³/mol. The van der Waals surface area contributed by atoms with Crippen LogP contribution < -0.4 is 0 Å². The summed E-state index contributed by atoms with van der Waals surface area (Å²) in [7, 11) is 0. The molecule has 186 valence electrons. The average Bonchev–Trinajstić information content (AvgIpc) is 2.78.